The molecule has 0 aromatic heterocycles. The molecular weight excluding hydrogens is 533 g/mol. The van der Waals surface area contributed by atoms with E-state index in [0.717, 1.165) is 0 Å². The van der Waals surface area contributed by atoms with Crippen LogP contribution in [0, 0.1) is 0 Å². The van der Waals surface area contributed by atoms with E-state index in [2.05, 4.69) is 5.32 Å². The number of ether oxygens (including phenoxy) is 3. The second kappa shape index (κ2) is 11.3. The number of carboxylic acid groups (broad SMARTS) is 1. The quantitative estimate of drug-likeness (QED) is 0.290. The fourth-order valence-corrected chi connectivity index (χ4v) is 4.40. The van der Waals surface area contributed by atoms with Crippen molar-refractivity contribution in [3.63, 3.8) is 0 Å². The number of aliphatic hydroxyl groups excluding tert-OH is 1. The molecule has 36 heavy (non-hydrogen) atoms. The molecule has 3 aromatic rings. The zero-order valence-corrected chi connectivity index (χ0v) is 20.8. The van der Waals surface area contributed by atoms with E-state index in [1.54, 1.807) is 48.5 Å². The van der Waals surface area contributed by atoms with E-state index in [4.69, 9.17) is 54.1 Å². The summed E-state index contributed by atoms with van der Waals surface area (Å²) in [7, 11) is 0. The number of hydrogen-bond donors (Lipinski definition) is 3. The van der Waals surface area contributed by atoms with E-state index < -0.39 is 24.3 Å². The molecule has 0 radical (unpaired) electrons. The molecule has 0 spiro atoms. The van der Waals surface area contributed by atoms with Gasteiger partial charge in [-0.15, -0.1) is 0 Å². The van der Waals surface area contributed by atoms with Gasteiger partial charge in [0.25, 0.3) is 5.91 Å². The third-order valence-electron chi connectivity index (χ3n) is 5.41. The highest BCUT2D eigenvalue weighted by molar-refractivity contribution is 6.35. The maximum atomic E-state index is 12.5. The normalized spacial score (nSPS) is 15.3. The third kappa shape index (κ3) is 6.14. The third-order valence-corrected chi connectivity index (χ3v) is 6.27. The second-order valence-corrected chi connectivity index (χ2v) is 9.10. The Balaban J connectivity index is 1.39. The first-order chi connectivity index (χ1) is 17.2. The van der Waals surface area contributed by atoms with Crippen molar-refractivity contribution < 1.29 is 34.0 Å². The van der Waals surface area contributed by atoms with Crippen molar-refractivity contribution in [1.29, 1.82) is 0 Å². The number of benzene rings is 3. The first kappa shape index (κ1) is 25.9. The minimum absolute atomic E-state index is 0.0459. The Labute approximate surface area is 221 Å². The van der Waals surface area contributed by atoms with Gasteiger partial charge in [-0.2, -0.15) is 0 Å². The number of rotatable bonds is 7. The van der Waals surface area contributed by atoms with Crippen LogP contribution in [0.2, 0.25) is 15.1 Å². The van der Waals surface area contributed by atoms with Gasteiger partial charge in [0.1, 0.15) is 23.4 Å². The SMILES string of the molecule is O=C(O)OC1CCOc2cc(Oc3ccc(C(=O)NCC(O)c4ccc(Cl)cc4Cl)cc3)c(Cl)cc21. The molecule has 1 amide bonds. The summed E-state index contributed by atoms with van der Waals surface area (Å²) < 4.78 is 16.4. The standard InChI is InChI=1S/C25H20Cl3NO7/c26-14-3-6-16(18(27)9-14)20(30)12-29-24(31)13-1-4-15(5-2-13)35-23-11-22-17(10-19(23)28)21(7-8-34-22)36-25(32)33/h1-6,9-11,20-21,30H,7-8,12H2,(H,29,31)(H,32,33). The summed E-state index contributed by atoms with van der Waals surface area (Å²) in [5.41, 5.74) is 1.33. The minimum Gasteiger partial charge on any atom is -0.493 e. The van der Waals surface area contributed by atoms with Gasteiger partial charge in [-0.3, -0.25) is 4.79 Å². The van der Waals surface area contributed by atoms with Gasteiger partial charge in [-0.25, -0.2) is 4.79 Å². The Morgan fingerprint density at radius 1 is 1.06 bits per heavy atom. The molecule has 0 bridgehead atoms. The van der Waals surface area contributed by atoms with Crippen LogP contribution in [0.25, 0.3) is 0 Å². The molecule has 1 aliphatic heterocycles. The van der Waals surface area contributed by atoms with Crippen LogP contribution >= 0.6 is 34.8 Å². The molecule has 1 aliphatic rings. The molecule has 0 saturated heterocycles. The highest BCUT2D eigenvalue weighted by Gasteiger charge is 2.27. The summed E-state index contributed by atoms with van der Waals surface area (Å²) in [4.78, 5) is 23.4. The van der Waals surface area contributed by atoms with Crippen LogP contribution < -0.4 is 14.8 Å². The molecule has 188 valence electrons. The number of aliphatic hydroxyl groups is 1. The summed E-state index contributed by atoms with van der Waals surface area (Å²) in [6, 6.07) is 14.2. The van der Waals surface area contributed by atoms with Crippen molar-refractivity contribution in [2.24, 2.45) is 0 Å². The topological polar surface area (TPSA) is 114 Å². The molecule has 0 saturated carbocycles. The van der Waals surface area contributed by atoms with Crippen LogP contribution in [0.15, 0.2) is 54.6 Å². The molecule has 2 unspecified atom stereocenters. The van der Waals surface area contributed by atoms with Crippen LogP contribution in [0.5, 0.6) is 17.2 Å². The zero-order chi connectivity index (χ0) is 25.8. The first-order valence-electron chi connectivity index (χ1n) is 10.8. The van der Waals surface area contributed by atoms with Crippen molar-refractivity contribution in [2.45, 2.75) is 18.6 Å². The number of amides is 1. The van der Waals surface area contributed by atoms with Gasteiger partial charge in [0.15, 0.2) is 0 Å². The highest BCUT2D eigenvalue weighted by Crippen LogP contribution is 2.42. The molecule has 1 heterocycles. The van der Waals surface area contributed by atoms with Crippen molar-refractivity contribution in [3.8, 4) is 17.2 Å². The summed E-state index contributed by atoms with van der Waals surface area (Å²) in [6.45, 7) is 0.241. The minimum atomic E-state index is -1.38. The fraction of sp³-hybridized carbons (Fsp3) is 0.200. The molecular formula is C25H20Cl3NO7. The number of hydrogen-bond acceptors (Lipinski definition) is 6. The number of carbonyl (C=O) groups excluding carboxylic acids is 1. The number of carbonyl (C=O) groups is 2. The number of fused-ring (bicyclic) bond motifs is 1. The van der Waals surface area contributed by atoms with Gasteiger partial charge in [0.2, 0.25) is 0 Å². The average molecular weight is 553 g/mol. The van der Waals surface area contributed by atoms with Crippen LogP contribution in [0.4, 0.5) is 4.79 Å². The summed E-state index contributed by atoms with van der Waals surface area (Å²) in [5, 5.41) is 22.9. The molecule has 11 heteroatoms. The number of halogens is 3. The highest BCUT2D eigenvalue weighted by atomic mass is 35.5. The van der Waals surface area contributed by atoms with Crippen LogP contribution in [0.1, 0.15) is 40.1 Å². The Hall–Kier alpha value is -3.17. The Kier molecular flexibility index (Phi) is 8.11. The smallest absolute Gasteiger partial charge is 0.493 e. The van der Waals surface area contributed by atoms with E-state index in [0.29, 0.717) is 50.4 Å². The predicted octanol–water partition coefficient (Wildman–Crippen LogP) is 6.42. The largest absolute Gasteiger partial charge is 0.506 e. The molecule has 3 N–H and O–H groups in total. The molecule has 4 rings (SSSR count). The lowest BCUT2D eigenvalue weighted by molar-refractivity contribution is 0.0326. The van der Waals surface area contributed by atoms with Crippen molar-refractivity contribution >= 4 is 46.9 Å². The summed E-state index contributed by atoms with van der Waals surface area (Å²) in [6.07, 6.45) is -2.68. The summed E-state index contributed by atoms with van der Waals surface area (Å²) in [5.74, 6) is 0.736. The lowest BCUT2D eigenvalue weighted by Crippen LogP contribution is -2.28. The maximum Gasteiger partial charge on any atom is 0.506 e. The van der Waals surface area contributed by atoms with Crippen LogP contribution in [-0.2, 0) is 4.74 Å². The number of nitrogens with one attached hydrogen (secondary N) is 1. The monoisotopic (exact) mass is 551 g/mol. The van der Waals surface area contributed by atoms with Crippen molar-refractivity contribution in [2.75, 3.05) is 13.2 Å². The van der Waals surface area contributed by atoms with Gasteiger partial charge in [-0.05, 0) is 42.5 Å². The Morgan fingerprint density at radius 2 is 1.81 bits per heavy atom. The van der Waals surface area contributed by atoms with E-state index in [9.17, 15) is 14.7 Å². The van der Waals surface area contributed by atoms with Gasteiger partial charge >= 0.3 is 6.16 Å². The zero-order valence-electron chi connectivity index (χ0n) is 18.5. The Bertz CT molecular complexity index is 1280. The van der Waals surface area contributed by atoms with Crippen molar-refractivity contribution in [3.05, 3.63) is 86.4 Å². The van der Waals surface area contributed by atoms with Crippen LogP contribution in [0.3, 0.4) is 0 Å². The lowest BCUT2D eigenvalue weighted by Gasteiger charge is -2.25. The van der Waals surface area contributed by atoms with E-state index in [-0.39, 0.29) is 18.2 Å². The molecule has 0 aliphatic carbocycles. The summed E-state index contributed by atoms with van der Waals surface area (Å²) >= 11 is 18.3. The fourth-order valence-electron chi connectivity index (χ4n) is 3.65. The Morgan fingerprint density at radius 3 is 2.50 bits per heavy atom. The average Bonchev–Trinajstić information content (AvgIpc) is 2.83. The second-order valence-electron chi connectivity index (χ2n) is 7.85. The predicted molar refractivity (Wildman–Crippen MR) is 134 cm³/mol. The van der Waals surface area contributed by atoms with Crippen molar-refractivity contribution in [1.82, 2.24) is 5.32 Å². The molecule has 0 fully saturated rings. The molecule has 3 aromatic carbocycles. The van der Waals surface area contributed by atoms with Gasteiger partial charge < -0.3 is 29.7 Å². The van der Waals surface area contributed by atoms with Gasteiger partial charge in [0, 0.05) is 45.8 Å². The van der Waals surface area contributed by atoms with E-state index in [1.165, 1.54) is 6.07 Å². The lowest BCUT2D eigenvalue weighted by atomic mass is 10.0. The van der Waals surface area contributed by atoms with E-state index >= 15 is 0 Å². The first-order valence-corrected chi connectivity index (χ1v) is 11.9. The van der Waals surface area contributed by atoms with Gasteiger partial charge in [0.05, 0.1) is 17.7 Å². The molecule has 8 nitrogen and oxygen atoms in total. The van der Waals surface area contributed by atoms with Crippen LogP contribution in [-0.4, -0.2) is 35.4 Å². The maximum absolute atomic E-state index is 12.5. The van der Waals surface area contributed by atoms with Gasteiger partial charge in [-0.1, -0.05) is 40.9 Å². The van der Waals surface area contributed by atoms with E-state index in [1.807, 2.05) is 0 Å². The molecule has 2 atom stereocenters.